The third kappa shape index (κ3) is 3.32. The Labute approximate surface area is 171 Å². The second-order valence-electron chi connectivity index (χ2n) is 6.41. The van der Waals surface area contributed by atoms with E-state index in [4.69, 9.17) is 9.97 Å². The number of aryl methyl sites for hydroxylation is 1. The van der Waals surface area contributed by atoms with Gasteiger partial charge in [0, 0.05) is 18.0 Å². The zero-order valence-electron chi connectivity index (χ0n) is 15.6. The topological polar surface area (TPSA) is 67.8 Å². The van der Waals surface area contributed by atoms with Crippen molar-refractivity contribution in [3.8, 4) is 21.1 Å². The molecule has 2 aromatic carbocycles. The second kappa shape index (κ2) is 7.37. The molecule has 29 heavy (non-hydrogen) atoms. The smallest absolute Gasteiger partial charge is 0.236 e. The molecule has 0 bridgehead atoms. The van der Waals surface area contributed by atoms with Crippen LogP contribution in [0.15, 0.2) is 89.4 Å². The predicted molar refractivity (Wildman–Crippen MR) is 115 cm³/mol. The minimum Gasteiger partial charge on any atom is -0.266 e. The first-order chi connectivity index (χ1) is 14.3. The Morgan fingerprint density at radius 1 is 0.862 bits per heavy atom. The zero-order chi connectivity index (χ0) is 19.6. The summed E-state index contributed by atoms with van der Waals surface area (Å²) in [4.78, 5) is 14.8. The van der Waals surface area contributed by atoms with Gasteiger partial charge in [-0.1, -0.05) is 48.5 Å². The molecule has 0 atom stereocenters. The zero-order valence-corrected chi connectivity index (χ0v) is 16.4. The summed E-state index contributed by atoms with van der Waals surface area (Å²) in [7, 11) is 0. The predicted octanol–water partition coefficient (Wildman–Crippen LogP) is 6.24. The van der Waals surface area contributed by atoms with Crippen molar-refractivity contribution in [3.05, 3.63) is 84.8 Å². The quantitative estimate of drug-likeness (QED) is 0.337. The van der Waals surface area contributed by atoms with Gasteiger partial charge in [-0.05, 0) is 25.1 Å². The van der Waals surface area contributed by atoms with Crippen LogP contribution in [0.2, 0.25) is 0 Å². The van der Waals surface area contributed by atoms with Crippen molar-refractivity contribution >= 4 is 28.6 Å². The summed E-state index contributed by atoms with van der Waals surface area (Å²) in [5.41, 5.74) is 3.51. The number of rotatable bonds is 4. The van der Waals surface area contributed by atoms with Gasteiger partial charge in [0.25, 0.3) is 0 Å². The molecule has 0 radical (unpaired) electrons. The Balaban J connectivity index is 1.66. The average molecular weight is 396 g/mol. The third-order valence-electron chi connectivity index (χ3n) is 4.43. The number of nitrogens with zero attached hydrogens (tertiary/aromatic N) is 6. The van der Waals surface area contributed by atoms with Crippen molar-refractivity contribution in [1.29, 1.82) is 0 Å². The first kappa shape index (κ1) is 17.4. The van der Waals surface area contributed by atoms with E-state index in [1.54, 1.807) is 17.5 Å². The number of benzene rings is 2. The van der Waals surface area contributed by atoms with Crippen LogP contribution >= 0.6 is 11.3 Å². The summed E-state index contributed by atoms with van der Waals surface area (Å²) in [6.07, 6.45) is 3.62. The molecule has 140 valence electrons. The first-order valence-electron chi connectivity index (χ1n) is 9.13. The van der Waals surface area contributed by atoms with E-state index < -0.39 is 0 Å². The highest BCUT2D eigenvalue weighted by molar-refractivity contribution is 7.18. The maximum Gasteiger partial charge on any atom is 0.236 e. The molecule has 6 nitrogen and oxygen atoms in total. The molecular formula is C22H16N6S. The highest BCUT2D eigenvalue weighted by Crippen LogP contribution is 2.39. The number of azo groups is 1. The average Bonchev–Trinajstić information content (AvgIpc) is 3.34. The van der Waals surface area contributed by atoms with E-state index in [9.17, 15) is 0 Å². The standard InChI is InChI=1S/C22H16N6S/c1-15-19(29-21(24-15)16-9-4-2-5-10-16)18-20(27-26-17-11-6-3-7-12-17)28-14-8-13-23-22(28)25-18/h2-14H,1H3. The Hall–Kier alpha value is -3.71. The number of thiazole rings is 1. The Morgan fingerprint density at radius 3 is 2.41 bits per heavy atom. The second-order valence-corrected chi connectivity index (χ2v) is 7.41. The summed E-state index contributed by atoms with van der Waals surface area (Å²) < 4.78 is 1.85. The lowest BCUT2D eigenvalue weighted by atomic mass is 10.2. The Kier molecular flexibility index (Phi) is 4.42. The van der Waals surface area contributed by atoms with Crippen molar-refractivity contribution in [2.75, 3.05) is 0 Å². The van der Waals surface area contributed by atoms with Gasteiger partial charge >= 0.3 is 0 Å². The van der Waals surface area contributed by atoms with Gasteiger partial charge in [0.15, 0.2) is 5.82 Å². The molecule has 0 aliphatic heterocycles. The van der Waals surface area contributed by atoms with Crippen LogP contribution in [0.25, 0.3) is 26.9 Å². The molecule has 0 unspecified atom stereocenters. The maximum atomic E-state index is 4.76. The van der Waals surface area contributed by atoms with E-state index >= 15 is 0 Å². The van der Waals surface area contributed by atoms with Gasteiger partial charge in [0.1, 0.15) is 10.7 Å². The Morgan fingerprint density at radius 2 is 1.62 bits per heavy atom. The van der Waals surface area contributed by atoms with Crippen LogP contribution < -0.4 is 0 Å². The van der Waals surface area contributed by atoms with Crippen molar-refractivity contribution in [1.82, 2.24) is 19.4 Å². The van der Waals surface area contributed by atoms with Gasteiger partial charge in [-0.2, -0.15) is 0 Å². The van der Waals surface area contributed by atoms with Crippen molar-refractivity contribution in [2.24, 2.45) is 10.2 Å². The van der Waals surface area contributed by atoms with E-state index in [0.29, 0.717) is 11.6 Å². The molecule has 0 aliphatic carbocycles. The highest BCUT2D eigenvalue weighted by atomic mass is 32.1. The molecule has 0 spiro atoms. The monoisotopic (exact) mass is 396 g/mol. The van der Waals surface area contributed by atoms with Crippen LogP contribution in [-0.4, -0.2) is 19.4 Å². The van der Waals surface area contributed by atoms with Crippen LogP contribution in [0.5, 0.6) is 0 Å². The molecule has 5 aromatic rings. The minimum atomic E-state index is 0.582. The molecule has 0 saturated heterocycles. The van der Waals surface area contributed by atoms with Crippen molar-refractivity contribution in [2.45, 2.75) is 6.92 Å². The van der Waals surface area contributed by atoms with Gasteiger partial charge in [0.2, 0.25) is 5.78 Å². The SMILES string of the molecule is Cc1nc(-c2ccccc2)sc1-c1nc2ncccn2c1N=Nc1ccccc1. The molecule has 7 heteroatoms. The number of hydrogen-bond acceptors (Lipinski definition) is 6. The number of fused-ring (bicyclic) bond motifs is 1. The van der Waals surface area contributed by atoms with Gasteiger partial charge in [-0.25, -0.2) is 15.0 Å². The van der Waals surface area contributed by atoms with Crippen molar-refractivity contribution < 1.29 is 0 Å². The van der Waals surface area contributed by atoms with Crippen molar-refractivity contribution in [3.63, 3.8) is 0 Å². The summed E-state index contributed by atoms with van der Waals surface area (Å²) in [5.74, 6) is 1.22. The van der Waals surface area contributed by atoms with Crippen LogP contribution in [-0.2, 0) is 0 Å². The van der Waals surface area contributed by atoms with Crippen LogP contribution in [0.4, 0.5) is 11.5 Å². The van der Waals surface area contributed by atoms with Gasteiger partial charge in [0.05, 0.1) is 16.3 Å². The highest BCUT2D eigenvalue weighted by Gasteiger charge is 2.20. The molecule has 3 heterocycles. The van der Waals surface area contributed by atoms with Gasteiger partial charge < -0.3 is 0 Å². The van der Waals surface area contributed by atoms with Crippen LogP contribution in [0.1, 0.15) is 5.69 Å². The minimum absolute atomic E-state index is 0.582. The van der Waals surface area contributed by atoms with Gasteiger partial charge in [-0.15, -0.1) is 21.6 Å². The van der Waals surface area contributed by atoms with E-state index in [2.05, 4.69) is 27.3 Å². The largest absolute Gasteiger partial charge is 0.266 e. The Bertz CT molecular complexity index is 1310. The molecule has 3 aromatic heterocycles. The molecular weight excluding hydrogens is 380 g/mol. The molecule has 0 fully saturated rings. The lowest BCUT2D eigenvalue weighted by Crippen LogP contribution is -1.84. The van der Waals surface area contributed by atoms with Gasteiger partial charge in [-0.3, -0.25) is 4.40 Å². The fourth-order valence-corrected chi connectivity index (χ4v) is 4.10. The van der Waals surface area contributed by atoms with E-state index in [1.165, 1.54) is 0 Å². The van der Waals surface area contributed by atoms with E-state index in [-0.39, 0.29) is 0 Å². The lowest BCUT2D eigenvalue weighted by Gasteiger charge is -1.97. The summed E-state index contributed by atoms with van der Waals surface area (Å²) >= 11 is 1.60. The number of imidazole rings is 1. The summed E-state index contributed by atoms with van der Waals surface area (Å²) in [6, 6.07) is 21.7. The summed E-state index contributed by atoms with van der Waals surface area (Å²) in [6.45, 7) is 1.99. The van der Waals surface area contributed by atoms with Crippen LogP contribution in [0.3, 0.4) is 0 Å². The lowest BCUT2D eigenvalue weighted by molar-refractivity contribution is 1.07. The molecule has 0 saturated carbocycles. The molecule has 0 amide bonds. The normalized spacial score (nSPS) is 11.5. The fraction of sp³-hybridized carbons (Fsp3) is 0.0455. The number of hydrogen-bond donors (Lipinski definition) is 0. The number of aromatic nitrogens is 4. The maximum absolute atomic E-state index is 4.76. The van der Waals surface area contributed by atoms with Crippen LogP contribution in [0, 0.1) is 6.92 Å². The fourth-order valence-electron chi connectivity index (χ4n) is 3.04. The summed E-state index contributed by atoms with van der Waals surface area (Å²) in [5, 5.41) is 9.88. The first-order valence-corrected chi connectivity index (χ1v) is 9.94. The molecule has 0 N–H and O–H groups in total. The molecule has 0 aliphatic rings. The third-order valence-corrected chi connectivity index (χ3v) is 5.64. The van der Waals surface area contributed by atoms with E-state index in [0.717, 1.165) is 32.5 Å². The van der Waals surface area contributed by atoms with E-state index in [1.807, 2.05) is 72.1 Å². The molecule has 5 rings (SSSR count).